The Labute approximate surface area is 104 Å². The molecule has 1 N–H and O–H groups in total. The van der Waals surface area contributed by atoms with Crippen LogP contribution in [0.3, 0.4) is 0 Å². The number of halogens is 3. The molecule has 0 aliphatic heterocycles. The number of nitrogens with zero attached hydrogens (tertiary/aromatic N) is 1. The van der Waals surface area contributed by atoms with Crippen molar-refractivity contribution in [1.82, 2.24) is 0 Å². The predicted octanol–water partition coefficient (Wildman–Crippen LogP) is 2.69. The highest BCUT2D eigenvalue weighted by atomic mass is 19.1. The Kier molecular flexibility index (Phi) is 3.26. The first-order valence-electron chi connectivity index (χ1n) is 4.96. The summed E-state index contributed by atoms with van der Waals surface area (Å²) in [5, 5.41) is 20.1. The molecule has 0 amide bonds. The molecule has 8 heteroatoms. The highest BCUT2D eigenvalue weighted by Crippen LogP contribution is 2.30. The third kappa shape index (κ3) is 2.43. The first kappa shape index (κ1) is 13.1. The van der Waals surface area contributed by atoms with Gasteiger partial charge in [-0.15, -0.1) is 0 Å². The van der Waals surface area contributed by atoms with E-state index in [4.69, 9.17) is 0 Å². The average Bonchev–Trinajstić information content (AvgIpc) is 2.76. The van der Waals surface area contributed by atoms with Gasteiger partial charge in [-0.3, -0.25) is 10.1 Å². The second-order valence-electron chi connectivity index (χ2n) is 3.62. The van der Waals surface area contributed by atoms with Gasteiger partial charge in [0.15, 0.2) is 0 Å². The van der Waals surface area contributed by atoms with Crippen LogP contribution >= 0.6 is 0 Å². The third-order valence-electron chi connectivity index (χ3n) is 2.38. The van der Waals surface area contributed by atoms with Crippen molar-refractivity contribution in [1.29, 1.82) is 0 Å². The van der Waals surface area contributed by atoms with Gasteiger partial charge in [-0.1, -0.05) is 0 Å². The van der Waals surface area contributed by atoms with Crippen LogP contribution in [-0.4, -0.2) is 10.0 Å². The van der Waals surface area contributed by atoms with E-state index < -0.39 is 45.7 Å². The summed E-state index contributed by atoms with van der Waals surface area (Å²) in [6.07, 6.45) is -1.91. The van der Waals surface area contributed by atoms with Crippen molar-refractivity contribution in [3.8, 4) is 0 Å². The minimum atomic E-state index is -1.91. The van der Waals surface area contributed by atoms with Crippen molar-refractivity contribution in [2.45, 2.75) is 6.10 Å². The van der Waals surface area contributed by atoms with E-state index in [-0.39, 0.29) is 0 Å². The first-order chi connectivity index (χ1) is 8.90. The second kappa shape index (κ2) is 4.73. The maximum Gasteiger partial charge on any atom is 0.433 e. The molecule has 1 atom stereocenters. The summed E-state index contributed by atoms with van der Waals surface area (Å²) < 4.78 is 44.1. The van der Waals surface area contributed by atoms with Crippen molar-refractivity contribution < 1.29 is 27.6 Å². The molecule has 19 heavy (non-hydrogen) atoms. The lowest BCUT2D eigenvalue weighted by Crippen LogP contribution is -2.05. The number of hydrogen-bond donors (Lipinski definition) is 1. The summed E-state index contributed by atoms with van der Waals surface area (Å²) in [7, 11) is 0. The normalized spacial score (nSPS) is 12.4. The molecule has 2 rings (SSSR count). The molecule has 0 saturated heterocycles. The third-order valence-corrected chi connectivity index (χ3v) is 2.38. The maximum absolute atomic E-state index is 13.4. The Morgan fingerprint density at radius 3 is 2.26 bits per heavy atom. The topological polar surface area (TPSA) is 76.5 Å². The highest BCUT2D eigenvalue weighted by Gasteiger charge is 2.25. The lowest BCUT2D eigenvalue weighted by Gasteiger charge is -2.10. The lowest BCUT2D eigenvalue weighted by molar-refractivity contribution is -0.402. The van der Waals surface area contributed by atoms with E-state index in [9.17, 15) is 28.4 Å². The fraction of sp³-hybridized carbons (Fsp3) is 0.0909. The largest absolute Gasteiger partial charge is 0.433 e. The zero-order valence-corrected chi connectivity index (χ0v) is 9.14. The Bertz CT molecular complexity index is 618. The molecule has 1 aromatic carbocycles. The van der Waals surface area contributed by atoms with E-state index in [2.05, 4.69) is 4.42 Å². The van der Waals surface area contributed by atoms with Crippen LogP contribution in [0.4, 0.5) is 19.1 Å². The van der Waals surface area contributed by atoms with Crippen LogP contribution in [-0.2, 0) is 0 Å². The summed E-state index contributed by atoms with van der Waals surface area (Å²) in [5.41, 5.74) is -0.842. The minimum Gasteiger partial charge on any atom is -0.403 e. The molecule has 100 valence electrons. The number of hydrogen-bond acceptors (Lipinski definition) is 4. The molecule has 0 bridgehead atoms. The van der Waals surface area contributed by atoms with E-state index in [0.717, 1.165) is 12.1 Å². The summed E-state index contributed by atoms with van der Waals surface area (Å²) in [6, 6.07) is 2.71. The molecule has 2 aromatic rings. The van der Waals surface area contributed by atoms with Crippen molar-refractivity contribution in [2.75, 3.05) is 0 Å². The van der Waals surface area contributed by atoms with Crippen LogP contribution in [0.2, 0.25) is 0 Å². The maximum atomic E-state index is 13.4. The van der Waals surface area contributed by atoms with Crippen molar-refractivity contribution >= 4 is 5.88 Å². The van der Waals surface area contributed by atoms with E-state index in [1.807, 2.05) is 0 Å². The molecular formula is C11H6F3NO4. The van der Waals surface area contributed by atoms with Crippen LogP contribution in [0.15, 0.2) is 28.7 Å². The minimum absolute atomic E-state index is 0.388. The van der Waals surface area contributed by atoms with Gasteiger partial charge in [0.1, 0.15) is 34.2 Å². The molecule has 0 radical (unpaired) electrons. The molecule has 5 nitrogen and oxygen atoms in total. The summed E-state index contributed by atoms with van der Waals surface area (Å²) >= 11 is 0. The van der Waals surface area contributed by atoms with E-state index in [1.165, 1.54) is 0 Å². The number of nitro groups is 1. The molecule has 1 unspecified atom stereocenters. The zero-order valence-electron chi connectivity index (χ0n) is 9.14. The highest BCUT2D eigenvalue weighted by molar-refractivity contribution is 5.30. The number of rotatable bonds is 3. The number of benzene rings is 1. The smallest absolute Gasteiger partial charge is 0.403 e. The monoisotopic (exact) mass is 273 g/mol. The van der Waals surface area contributed by atoms with Gasteiger partial charge in [0.05, 0.1) is 11.6 Å². The molecule has 0 aliphatic carbocycles. The Morgan fingerprint density at radius 1 is 1.21 bits per heavy atom. The van der Waals surface area contributed by atoms with Gasteiger partial charge >= 0.3 is 5.88 Å². The van der Waals surface area contributed by atoms with Crippen LogP contribution in [0.1, 0.15) is 17.4 Å². The molecule has 0 fully saturated rings. The average molecular weight is 273 g/mol. The lowest BCUT2D eigenvalue weighted by atomic mass is 10.1. The molecule has 1 aromatic heterocycles. The van der Waals surface area contributed by atoms with Gasteiger partial charge in [-0.05, 0) is 6.07 Å². The van der Waals surface area contributed by atoms with Gasteiger partial charge in [-0.25, -0.2) is 13.2 Å². The van der Waals surface area contributed by atoms with E-state index >= 15 is 0 Å². The molecule has 0 aliphatic rings. The summed E-state index contributed by atoms with van der Waals surface area (Å²) in [6.45, 7) is 0. The van der Waals surface area contributed by atoms with E-state index in [1.54, 1.807) is 0 Å². The Balaban J connectivity index is 2.43. The molecule has 1 heterocycles. The number of aliphatic hydroxyl groups is 1. The van der Waals surface area contributed by atoms with E-state index in [0.29, 0.717) is 12.1 Å². The van der Waals surface area contributed by atoms with Gasteiger partial charge in [0, 0.05) is 12.1 Å². The molecular weight excluding hydrogens is 267 g/mol. The number of furan rings is 1. The van der Waals surface area contributed by atoms with Crippen molar-refractivity contribution in [2.24, 2.45) is 0 Å². The SMILES string of the molecule is O=[N+]([O-])c1ccc(C(O)c2c(F)cc(F)cc2F)o1. The standard InChI is InChI=1S/C11H6F3NO4/c12-5-3-6(13)10(7(14)4-5)11(16)8-1-2-9(19-8)15(17)18/h1-4,11,16H. The zero-order chi connectivity index (χ0) is 14.2. The van der Waals surface area contributed by atoms with Crippen LogP contribution < -0.4 is 0 Å². The summed E-state index contributed by atoms with van der Waals surface area (Å²) in [4.78, 5) is 9.52. The molecule has 0 spiro atoms. The van der Waals surface area contributed by atoms with Gasteiger partial charge in [-0.2, -0.15) is 0 Å². The Morgan fingerprint density at radius 2 is 1.79 bits per heavy atom. The quantitative estimate of drug-likeness (QED) is 0.689. The fourth-order valence-electron chi connectivity index (χ4n) is 1.54. The van der Waals surface area contributed by atoms with Crippen molar-refractivity contribution in [3.63, 3.8) is 0 Å². The van der Waals surface area contributed by atoms with Gasteiger partial charge < -0.3 is 9.52 Å². The first-order valence-corrected chi connectivity index (χ1v) is 4.96. The number of aliphatic hydroxyl groups excluding tert-OH is 1. The van der Waals surface area contributed by atoms with Crippen molar-refractivity contribution in [3.05, 3.63) is 63.2 Å². The Hall–Kier alpha value is -2.35. The fourth-order valence-corrected chi connectivity index (χ4v) is 1.54. The van der Waals surface area contributed by atoms with Gasteiger partial charge in [0.25, 0.3) is 0 Å². The summed E-state index contributed by atoms with van der Waals surface area (Å²) in [5.74, 6) is -4.88. The molecule has 0 saturated carbocycles. The van der Waals surface area contributed by atoms with Crippen LogP contribution in [0, 0.1) is 27.6 Å². The second-order valence-corrected chi connectivity index (χ2v) is 3.62. The van der Waals surface area contributed by atoms with Crippen LogP contribution in [0.5, 0.6) is 0 Å². The van der Waals surface area contributed by atoms with Gasteiger partial charge in [0.2, 0.25) is 0 Å². The predicted molar refractivity (Wildman–Crippen MR) is 55.7 cm³/mol. The van der Waals surface area contributed by atoms with Crippen LogP contribution in [0.25, 0.3) is 0 Å².